The Balaban J connectivity index is 3.09. The third-order valence-corrected chi connectivity index (χ3v) is 1.55. The number of aromatic hydroxyl groups is 1. The molecule has 3 nitrogen and oxygen atoms in total. The van der Waals surface area contributed by atoms with Crippen molar-refractivity contribution in [3.8, 4) is 5.75 Å². The summed E-state index contributed by atoms with van der Waals surface area (Å²) in [6.07, 6.45) is 0. The summed E-state index contributed by atoms with van der Waals surface area (Å²) in [5, 5.41) is 9.30. The number of nitrogen functional groups attached to an aromatic ring is 1. The quantitative estimate of drug-likeness (QED) is 0.525. The van der Waals surface area contributed by atoms with Gasteiger partial charge in [-0.1, -0.05) is 6.07 Å². The molecule has 0 bridgehead atoms. The maximum atomic E-state index is 9.30. The Labute approximate surface area is 65.6 Å². The molecule has 11 heavy (non-hydrogen) atoms. The summed E-state index contributed by atoms with van der Waals surface area (Å²) in [4.78, 5) is 0. The highest BCUT2D eigenvalue weighted by molar-refractivity contribution is 5.48. The molecule has 0 fully saturated rings. The zero-order valence-electron chi connectivity index (χ0n) is 6.41. The molecule has 3 heteroatoms. The summed E-state index contributed by atoms with van der Waals surface area (Å²) in [7, 11) is 0. The molecule has 1 atom stereocenters. The lowest BCUT2D eigenvalue weighted by atomic mass is 10.1. The Morgan fingerprint density at radius 1 is 1.45 bits per heavy atom. The summed E-state index contributed by atoms with van der Waals surface area (Å²) in [6, 6.07) is 4.79. The molecular formula is C8H12N2O. The topological polar surface area (TPSA) is 72.3 Å². The van der Waals surface area contributed by atoms with Gasteiger partial charge in [0.15, 0.2) is 0 Å². The first-order valence-electron chi connectivity index (χ1n) is 3.45. The van der Waals surface area contributed by atoms with E-state index >= 15 is 0 Å². The van der Waals surface area contributed by atoms with Gasteiger partial charge in [-0.2, -0.15) is 0 Å². The van der Waals surface area contributed by atoms with Gasteiger partial charge in [-0.15, -0.1) is 0 Å². The van der Waals surface area contributed by atoms with E-state index in [0.29, 0.717) is 5.69 Å². The van der Waals surface area contributed by atoms with Gasteiger partial charge in [0, 0.05) is 23.4 Å². The third kappa shape index (κ3) is 1.62. The van der Waals surface area contributed by atoms with E-state index in [1.54, 1.807) is 12.1 Å². The van der Waals surface area contributed by atoms with Crippen LogP contribution in [0.5, 0.6) is 5.75 Å². The minimum atomic E-state index is -0.157. The highest BCUT2D eigenvalue weighted by atomic mass is 16.3. The molecule has 0 spiro atoms. The molecule has 0 saturated carbocycles. The zero-order valence-corrected chi connectivity index (χ0v) is 6.41. The average Bonchev–Trinajstić information content (AvgIpc) is 1.85. The van der Waals surface area contributed by atoms with Crippen LogP contribution in [0.3, 0.4) is 0 Å². The molecule has 60 valence electrons. The zero-order chi connectivity index (χ0) is 8.43. The van der Waals surface area contributed by atoms with Crippen molar-refractivity contribution in [1.82, 2.24) is 0 Å². The second-order valence-corrected chi connectivity index (χ2v) is 2.61. The summed E-state index contributed by atoms with van der Waals surface area (Å²) in [6.45, 7) is 1.81. The number of hydrogen-bond acceptors (Lipinski definition) is 3. The number of anilines is 1. The fourth-order valence-electron chi connectivity index (χ4n) is 0.946. The summed E-state index contributed by atoms with van der Waals surface area (Å²) in [5.41, 5.74) is 12.3. The van der Waals surface area contributed by atoms with Gasteiger partial charge >= 0.3 is 0 Å². The van der Waals surface area contributed by atoms with E-state index in [2.05, 4.69) is 0 Å². The highest BCUT2D eigenvalue weighted by Crippen LogP contribution is 2.24. The van der Waals surface area contributed by atoms with E-state index in [1.165, 1.54) is 6.07 Å². The van der Waals surface area contributed by atoms with E-state index in [1.807, 2.05) is 6.92 Å². The summed E-state index contributed by atoms with van der Waals surface area (Å²) >= 11 is 0. The highest BCUT2D eigenvalue weighted by Gasteiger charge is 2.04. The first-order valence-corrected chi connectivity index (χ1v) is 3.45. The van der Waals surface area contributed by atoms with Crippen LogP contribution in [-0.4, -0.2) is 5.11 Å². The van der Waals surface area contributed by atoms with E-state index in [0.717, 1.165) is 5.56 Å². The number of rotatable bonds is 1. The van der Waals surface area contributed by atoms with E-state index in [9.17, 15) is 5.11 Å². The molecule has 1 aromatic rings. The lowest BCUT2D eigenvalue weighted by molar-refractivity contribution is 0.464. The normalized spacial score (nSPS) is 12.9. The minimum Gasteiger partial charge on any atom is -0.508 e. The van der Waals surface area contributed by atoms with Crippen molar-refractivity contribution in [3.05, 3.63) is 23.8 Å². The van der Waals surface area contributed by atoms with Gasteiger partial charge in [-0.05, 0) is 13.0 Å². The van der Waals surface area contributed by atoms with Gasteiger partial charge in [0.05, 0.1) is 0 Å². The first-order chi connectivity index (χ1) is 5.11. The Bertz CT molecular complexity index is 258. The second kappa shape index (κ2) is 2.80. The number of phenolic OH excluding ortho intramolecular Hbond substituents is 1. The van der Waals surface area contributed by atoms with Gasteiger partial charge in [0.2, 0.25) is 0 Å². The molecule has 0 aliphatic rings. The molecule has 0 radical (unpaired) electrons. The summed E-state index contributed by atoms with van der Waals surface area (Å²) in [5.74, 6) is 0.167. The fourth-order valence-corrected chi connectivity index (χ4v) is 0.946. The SMILES string of the molecule is CC(N)c1ccc(N)cc1O. The van der Waals surface area contributed by atoms with Crippen LogP contribution in [0.1, 0.15) is 18.5 Å². The van der Waals surface area contributed by atoms with Crippen molar-refractivity contribution in [1.29, 1.82) is 0 Å². The number of phenols is 1. The molecule has 1 rings (SSSR count). The second-order valence-electron chi connectivity index (χ2n) is 2.61. The third-order valence-electron chi connectivity index (χ3n) is 1.55. The van der Waals surface area contributed by atoms with Crippen LogP contribution in [0.25, 0.3) is 0 Å². The van der Waals surface area contributed by atoms with Crippen LogP contribution >= 0.6 is 0 Å². The molecule has 0 heterocycles. The van der Waals surface area contributed by atoms with Crippen LogP contribution in [-0.2, 0) is 0 Å². The van der Waals surface area contributed by atoms with Crippen LogP contribution < -0.4 is 11.5 Å². The van der Waals surface area contributed by atoms with Gasteiger partial charge in [-0.25, -0.2) is 0 Å². The molecule has 0 amide bonds. The van der Waals surface area contributed by atoms with E-state index < -0.39 is 0 Å². The molecule has 1 aromatic carbocycles. The smallest absolute Gasteiger partial charge is 0.122 e. The molecule has 0 saturated heterocycles. The molecule has 0 aliphatic carbocycles. The van der Waals surface area contributed by atoms with Crippen LogP contribution in [0, 0.1) is 0 Å². The van der Waals surface area contributed by atoms with Crippen LogP contribution in [0.2, 0.25) is 0 Å². The Morgan fingerprint density at radius 2 is 2.09 bits per heavy atom. The van der Waals surface area contributed by atoms with E-state index in [4.69, 9.17) is 11.5 Å². The number of benzene rings is 1. The predicted octanol–water partition coefficient (Wildman–Crippen LogP) is 0.994. The van der Waals surface area contributed by atoms with Gasteiger partial charge < -0.3 is 16.6 Å². The summed E-state index contributed by atoms with van der Waals surface area (Å²) < 4.78 is 0. The van der Waals surface area contributed by atoms with Crippen molar-refractivity contribution < 1.29 is 5.11 Å². The molecule has 5 N–H and O–H groups in total. The molecule has 0 aromatic heterocycles. The van der Waals surface area contributed by atoms with Gasteiger partial charge in [-0.3, -0.25) is 0 Å². The maximum absolute atomic E-state index is 9.30. The molecule has 0 aliphatic heterocycles. The van der Waals surface area contributed by atoms with Crippen molar-refractivity contribution in [3.63, 3.8) is 0 Å². The van der Waals surface area contributed by atoms with Crippen LogP contribution in [0.4, 0.5) is 5.69 Å². The standard InChI is InChI=1S/C8H12N2O/c1-5(9)7-3-2-6(10)4-8(7)11/h2-5,11H,9-10H2,1H3. The van der Waals surface area contributed by atoms with Crippen molar-refractivity contribution >= 4 is 5.69 Å². The first kappa shape index (κ1) is 7.88. The van der Waals surface area contributed by atoms with Crippen molar-refractivity contribution in [2.24, 2.45) is 5.73 Å². The maximum Gasteiger partial charge on any atom is 0.122 e. The van der Waals surface area contributed by atoms with E-state index in [-0.39, 0.29) is 11.8 Å². The van der Waals surface area contributed by atoms with Gasteiger partial charge in [0.1, 0.15) is 5.75 Å². The number of hydrogen-bond donors (Lipinski definition) is 3. The molecule has 1 unspecified atom stereocenters. The fraction of sp³-hybridized carbons (Fsp3) is 0.250. The van der Waals surface area contributed by atoms with Crippen LogP contribution in [0.15, 0.2) is 18.2 Å². The largest absolute Gasteiger partial charge is 0.508 e. The predicted molar refractivity (Wildman–Crippen MR) is 45.1 cm³/mol. The Morgan fingerprint density at radius 3 is 2.55 bits per heavy atom. The Kier molecular flexibility index (Phi) is 2.01. The van der Waals surface area contributed by atoms with Crippen molar-refractivity contribution in [2.45, 2.75) is 13.0 Å². The average molecular weight is 152 g/mol. The Hall–Kier alpha value is -1.22. The lowest BCUT2D eigenvalue weighted by Gasteiger charge is -2.07. The monoisotopic (exact) mass is 152 g/mol. The van der Waals surface area contributed by atoms with Gasteiger partial charge in [0.25, 0.3) is 0 Å². The van der Waals surface area contributed by atoms with Crippen molar-refractivity contribution in [2.75, 3.05) is 5.73 Å². The molecular weight excluding hydrogens is 140 g/mol. The number of nitrogens with two attached hydrogens (primary N) is 2. The minimum absolute atomic E-state index is 0.157. The lowest BCUT2D eigenvalue weighted by Crippen LogP contribution is -2.05.